The van der Waals surface area contributed by atoms with E-state index in [4.69, 9.17) is 2.74 Å². The van der Waals surface area contributed by atoms with Crippen LogP contribution in [0.4, 0.5) is 10.2 Å². The van der Waals surface area contributed by atoms with Crippen LogP contribution in [0.1, 0.15) is 46.3 Å². The van der Waals surface area contributed by atoms with Gasteiger partial charge in [0, 0.05) is 42.8 Å². The number of carbonyl (C=O) groups is 1. The Morgan fingerprint density at radius 2 is 1.98 bits per heavy atom. The second-order valence-electron chi connectivity index (χ2n) is 10.7. The van der Waals surface area contributed by atoms with E-state index in [1.807, 2.05) is 38.7 Å². The van der Waals surface area contributed by atoms with Crippen LogP contribution in [-0.4, -0.2) is 51.0 Å². The Balaban J connectivity index is 1.83. The van der Waals surface area contributed by atoms with Crippen molar-refractivity contribution in [3.8, 4) is 16.8 Å². The number of aromatic nitrogens is 3. The lowest BCUT2D eigenvalue weighted by atomic mass is 9.97. The molecule has 1 fully saturated rings. The molecule has 8 heteroatoms. The molecule has 1 aliphatic heterocycles. The highest BCUT2D eigenvalue weighted by Gasteiger charge is 2.30. The molecule has 41 heavy (non-hydrogen) atoms. The van der Waals surface area contributed by atoms with Gasteiger partial charge in [-0.05, 0) is 60.7 Å². The average Bonchev–Trinajstić information content (AvgIpc) is 2.96. The zero-order chi connectivity index (χ0) is 31.0. The summed E-state index contributed by atoms with van der Waals surface area (Å²) in [5.41, 5.74) is 3.31. The highest BCUT2D eigenvalue weighted by molar-refractivity contribution is 5.95. The summed E-state index contributed by atoms with van der Waals surface area (Å²) in [5.74, 6) is -0.358. The Morgan fingerprint density at radius 3 is 2.68 bits per heavy atom. The Labute approximate surface area is 242 Å². The van der Waals surface area contributed by atoms with Gasteiger partial charge >= 0.3 is 5.69 Å². The number of nitrogens with zero attached hydrogens (tertiary/aromatic N) is 5. The van der Waals surface area contributed by atoms with Crippen molar-refractivity contribution in [3.05, 3.63) is 101 Å². The van der Waals surface area contributed by atoms with E-state index in [1.54, 1.807) is 41.4 Å². The molecule has 1 aliphatic rings. The van der Waals surface area contributed by atoms with Gasteiger partial charge in [-0.15, -0.1) is 0 Å². The number of hydrogen-bond acceptors (Lipinski definition) is 5. The van der Waals surface area contributed by atoms with Crippen LogP contribution in [0.2, 0.25) is 0 Å². The molecule has 0 unspecified atom stereocenters. The molecule has 210 valence electrons. The van der Waals surface area contributed by atoms with E-state index in [1.165, 1.54) is 22.8 Å². The van der Waals surface area contributed by atoms with Crippen LogP contribution in [0.5, 0.6) is 0 Å². The van der Waals surface area contributed by atoms with Gasteiger partial charge in [0.15, 0.2) is 0 Å². The van der Waals surface area contributed by atoms with Crippen LogP contribution in [0.15, 0.2) is 72.6 Å². The molecule has 2 aromatic heterocycles. The summed E-state index contributed by atoms with van der Waals surface area (Å²) in [5, 5.41) is 0.448. The van der Waals surface area contributed by atoms with Crippen LogP contribution in [0, 0.1) is 12.7 Å². The molecule has 1 amide bonds. The summed E-state index contributed by atoms with van der Waals surface area (Å²) in [6, 6.07) is 11.7. The molecule has 4 aromatic rings. The molecule has 2 aromatic carbocycles. The summed E-state index contributed by atoms with van der Waals surface area (Å²) in [6.07, 6.45) is 4.35. The maximum absolute atomic E-state index is 16.2. The lowest BCUT2D eigenvalue weighted by Gasteiger charge is -2.40. The quantitative estimate of drug-likeness (QED) is 0.279. The minimum Gasteiger partial charge on any atom is -0.350 e. The highest BCUT2D eigenvalue weighted by atomic mass is 19.1. The third-order valence-electron chi connectivity index (χ3n) is 7.68. The molecular formula is C33H34FN5O2. The molecule has 1 saturated heterocycles. The zero-order valence-electron chi connectivity index (χ0n) is 25.7. The molecule has 0 aliphatic carbocycles. The lowest BCUT2D eigenvalue weighted by Crippen LogP contribution is -2.54. The number of pyridine rings is 1. The van der Waals surface area contributed by atoms with E-state index in [9.17, 15) is 9.59 Å². The first kappa shape index (κ1) is 25.4. The van der Waals surface area contributed by atoms with Gasteiger partial charge in [-0.2, -0.15) is 4.98 Å². The van der Waals surface area contributed by atoms with Crippen molar-refractivity contribution in [2.24, 2.45) is 0 Å². The van der Waals surface area contributed by atoms with Crippen molar-refractivity contribution in [3.63, 3.8) is 0 Å². The largest absolute Gasteiger partial charge is 0.354 e. The fourth-order valence-corrected chi connectivity index (χ4v) is 5.63. The number of hydrogen-bond donors (Lipinski definition) is 0. The van der Waals surface area contributed by atoms with Gasteiger partial charge < -0.3 is 9.80 Å². The van der Waals surface area contributed by atoms with Crippen molar-refractivity contribution in [1.82, 2.24) is 19.4 Å². The van der Waals surface area contributed by atoms with Gasteiger partial charge in [0.25, 0.3) is 0 Å². The van der Waals surface area contributed by atoms with Crippen molar-refractivity contribution < 1.29 is 11.9 Å². The maximum atomic E-state index is 16.2. The summed E-state index contributed by atoms with van der Waals surface area (Å²) < 4.78 is 33.0. The maximum Gasteiger partial charge on any atom is 0.354 e. The van der Waals surface area contributed by atoms with Crippen LogP contribution in [-0.2, 0) is 4.79 Å². The molecule has 5 rings (SSSR count). The fraction of sp³-hybridized carbons (Fsp3) is 0.273. The minimum atomic E-state index is -0.529. The number of aryl methyl sites for hydroxylation is 1. The van der Waals surface area contributed by atoms with Crippen molar-refractivity contribution in [2.45, 2.75) is 39.7 Å². The molecule has 0 spiro atoms. The topological polar surface area (TPSA) is 71.3 Å². The first-order valence-corrected chi connectivity index (χ1v) is 13.7. The van der Waals surface area contributed by atoms with E-state index < -0.39 is 18.0 Å². The molecule has 3 heterocycles. The van der Waals surface area contributed by atoms with E-state index in [2.05, 4.69) is 16.5 Å². The van der Waals surface area contributed by atoms with Gasteiger partial charge in [-0.1, -0.05) is 57.3 Å². The summed E-state index contributed by atoms with van der Waals surface area (Å²) >= 11 is 0. The first-order valence-electron chi connectivity index (χ1n) is 14.7. The third kappa shape index (κ3) is 4.94. The minimum absolute atomic E-state index is 0.00895. The Hall–Kier alpha value is -4.59. The van der Waals surface area contributed by atoms with E-state index in [-0.39, 0.29) is 23.4 Å². The zero-order valence-corrected chi connectivity index (χ0v) is 23.7. The number of halogens is 1. The molecule has 0 radical (unpaired) electrons. The number of amides is 1. The molecular weight excluding hydrogens is 517 g/mol. The van der Waals surface area contributed by atoms with E-state index >= 15 is 4.39 Å². The van der Waals surface area contributed by atoms with Crippen LogP contribution in [0.3, 0.4) is 0 Å². The molecule has 0 saturated carbocycles. The van der Waals surface area contributed by atoms with E-state index in [0.29, 0.717) is 58.9 Å². The second kappa shape index (κ2) is 11.1. The monoisotopic (exact) mass is 553 g/mol. The third-order valence-corrected chi connectivity index (χ3v) is 7.68. The number of fused-ring (bicyclic) bond motifs is 1. The Morgan fingerprint density at radius 1 is 1.20 bits per heavy atom. The van der Waals surface area contributed by atoms with Crippen molar-refractivity contribution in [2.75, 3.05) is 24.5 Å². The lowest BCUT2D eigenvalue weighted by molar-refractivity contribution is -0.126. The predicted molar refractivity (Wildman–Crippen MR) is 163 cm³/mol. The van der Waals surface area contributed by atoms with Crippen LogP contribution >= 0.6 is 0 Å². The van der Waals surface area contributed by atoms with Crippen LogP contribution in [0.25, 0.3) is 33.8 Å². The molecule has 7 nitrogen and oxygen atoms in total. The number of rotatable bonds is 6. The van der Waals surface area contributed by atoms with Crippen LogP contribution < -0.4 is 10.6 Å². The normalized spacial score (nSPS) is 16.0. The summed E-state index contributed by atoms with van der Waals surface area (Å²) in [6.45, 7) is 12.2. The number of carbonyl (C=O) groups excluding carboxylic acids is 1. The number of benzene rings is 2. The fourth-order valence-electron chi connectivity index (χ4n) is 5.63. The standard InChI is InChI=1S/C33H34FN5O2/c1-7-23-11-9-10-12-24(23)25-18-28-26(17-27(25)34)32(38-16-15-37(19-22(38)6)29(40)8-2)36-33(41)39(28)31-21(5)13-14-35-30(31)20(3)4/h7-14,17-18,20,22H,1-2,15-16,19H2,3-6H3/t22-/m0/s1/i1D2. The van der Waals surface area contributed by atoms with Gasteiger partial charge in [0.1, 0.15) is 11.6 Å². The molecule has 0 N–H and O–H groups in total. The van der Waals surface area contributed by atoms with Gasteiger partial charge in [0.05, 0.1) is 19.6 Å². The summed E-state index contributed by atoms with van der Waals surface area (Å²) in [4.78, 5) is 39.1. The van der Waals surface area contributed by atoms with Crippen molar-refractivity contribution >= 4 is 28.7 Å². The number of piperazine rings is 1. The van der Waals surface area contributed by atoms with Gasteiger partial charge in [-0.25, -0.2) is 9.18 Å². The smallest absolute Gasteiger partial charge is 0.350 e. The predicted octanol–water partition coefficient (Wildman–Crippen LogP) is 5.88. The SMILES string of the molecule is [2H]C([2H])=Cc1ccccc1-c1cc2c(cc1F)c(N1CCN(C(=O)C=C)C[C@@H]1C)nc(=O)n2-c1c(C)ccnc1C(C)C. The summed E-state index contributed by atoms with van der Waals surface area (Å²) in [7, 11) is 0. The molecule has 1 atom stereocenters. The number of anilines is 1. The Bertz CT molecular complexity index is 1830. The Kier molecular flexibility index (Phi) is 6.88. The van der Waals surface area contributed by atoms with Gasteiger partial charge in [0.2, 0.25) is 5.91 Å². The molecule has 0 bridgehead atoms. The highest BCUT2D eigenvalue weighted by Crippen LogP contribution is 2.36. The van der Waals surface area contributed by atoms with Crippen molar-refractivity contribution in [1.29, 1.82) is 0 Å². The van der Waals surface area contributed by atoms with Gasteiger partial charge in [-0.3, -0.25) is 14.3 Å². The first-order chi connectivity index (χ1) is 20.5. The average molecular weight is 554 g/mol. The second-order valence-corrected chi connectivity index (χ2v) is 10.7. The van der Waals surface area contributed by atoms with E-state index in [0.717, 1.165) is 5.56 Å².